The molecule has 2 unspecified atom stereocenters. The van der Waals surface area contributed by atoms with Gasteiger partial charge in [0.2, 0.25) is 5.91 Å². The summed E-state index contributed by atoms with van der Waals surface area (Å²) < 4.78 is 5.87. The van der Waals surface area contributed by atoms with Crippen LogP contribution in [0.15, 0.2) is 90.1 Å². The highest BCUT2D eigenvalue weighted by molar-refractivity contribution is 6.11. The number of hydrogen-bond acceptors (Lipinski definition) is 4. The Morgan fingerprint density at radius 2 is 1.61 bits per heavy atom. The highest BCUT2D eigenvalue weighted by Crippen LogP contribution is 2.48. The lowest BCUT2D eigenvalue weighted by Crippen LogP contribution is -2.42. The smallest absolute Gasteiger partial charge is 0.250 e. The van der Waals surface area contributed by atoms with Gasteiger partial charge in [-0.3, -0.25) is 19.3 Å². The zero-order valence-electron chi connectivity index (χ0n) is 20.1. The minimum atomic E-state index is -0.619. The Kier molecular flexibility index (Phi) is 6.42. The van der Waals surface area contributed by atoms with Crippen LogP contribution in [0, 0.1) is 0 Å². The molecule has 36 heavy (non-hydrogen) atoms. The molecule has 2 N–H and O–H groups in total. The van der Waals surface area contributed by atoms with Gasteiger partial charge in [0.05, 0.1) is 17.9 Å². The summed E-state index contributed by atoms with van der Waals surface area (Å²) in [6.07, 6.45) is 0.949. The number of carbonyl (C=O) groups excluding carboxylic acids is 3. The van der Waals surface area contributed by atoms with E-state index in [-0.39, 0.29) is 29.6 Å². The lowest BCUT2D eigenvalue weighted by Gasteiger charge is -2.41. The molecule has 0 spiro atoms. The zero-order chi connectivity index (χ0) is 25.2. The van der Waals surface area contributed by atoms with Gasteiger partial charge in [-0.1, -0.05) is 60.7 Å². The molecule has 0 fully saturated rings. The third-order valence-electron chi connectivity index (χ3n) is 7.01. The van der Waals surface area contributed by atoms with Crippen molar-refractivity contribution in [1.82, 2.24) is 0 Å². The van der Waals surface area contributed by atoms with Gasteiger partial charge in [-0.25, -0.2) is 0 Å². The summed E-state index contributed by atoms with van der Waals surface area (Å²) in [4.78, 5) is 41.5. The first-order valence-electron chi connectivity index (χ1n) is 12.2. The first-order valence-corrected chi connectivity index (χ1v) is 12.2. The number of para-hydroxylation sites is 2. The van der Waals surface area contributed by atoms with Crippen LogP contribution in [0.25, 0.3) is 0 Å². The van der Waals surface area contributed by atoms with E-state index >= 15 is 0 Å². The summed E-state index contributed by atoms with van der Waals surface area (Å²) in [7, 11) is 0. The van der Waals surface area contributed by atoms with Crippen molar-refractivity contribution in [3.8, 4) is 5.75 Å². The Morgan fingerprint density at radius 1 is 0.917 bits per heavy atom. The van der Waals surface area contributed by atoms with Crippen molar-refractivity contribution in [3.63, 3.8) is 0 Å². The van der Waals surface area contributed by atoms with Gasteiger partial charge in [0.1, 0.15) is 5.75 Å². The molecule has 0 radical (unpaired) electrons. The van der Waals surface area contributed by atoms with Gasteiger partial charge in [-0.15, -0.1) is 0 Å². The molecule has 6 heteroatoms. The third-order valence-corrected chi connectivity index (χ3v) is 7.01. The maximum Gasteiger partial charge on any atom is 0.250 e. The van der Waals surface area contributed by atoms with Crippen molar-refractivity contribution in [2.75, 3.05) is 11.5 Å². The normalized spacial score (nSPS) is 19.8. The maximum atomic E-state index is 13.8. The quantitative estimate of drug-likeness (QED) is 0.531. The van der Waals surface area contributed by atoms with Crippen LogP contribution in [0.1, 0.15) is 59.5 Å². The average molecular weight is 481 g/mol. The monoisotopic (exact) mass is 480 g/mol. The molecule has 2 amide bonds. The zero-order valence-corrected chi connectivity index (χ0v) is 20.1. The van der Waals surface area contributed by atoms with E-state index in [2.05, 4.69) is 0 Å². The molecule has 182 valence electrons. The van der Waals surface area contributed by atoms with Crippen LogP contribution < -0.4 is 15.4 Å². The molecule has 0 aromatic heterocycles. The molecular weight excluding hydrogens is 452 g/mol. The maximum absolute atomic E-state index is 13.8. The van der Waals surface area contributed by atoms with Gasteiger partial charge >= 0.3 is 0 Å². The molecule has 1 aliphatic heterocycles. The van der Waals surface area contributed by atoms with Crippen molar-refractivity contribution < 1.29 is 19.1 Å². The van der Waals surface area contributed by atoms with E-state index in [9.17, 15) is 14.4 Å². The second kappa shape index (κ2) is 9.82. The van der Waals surface area contributed by atoms with E-state index in [1.165, 1.54) is 0 Å². The largest absolute Gasteiger partial charge is 0.494 e. The number of rotatable bonds is 6. The summed E-state index contributed by atoms with van der Waals surface area (Å²) >= 11 is 0. The molecule has 1 heterocycles. The summed E-state index contributed by atoms with van der Waals surface area (Å²) in [5, 5.41) is 0. The van der Waals surface area contributed by atoms with Crippen LogP contribution in [-0.4, -0.2) is 24.2 Å². The van der Waals surface area contributed by atoms with E-state index in [1.807, 2.05) is 61.5 Å². The number of benzene rings is 3. The van der Waals surface area contributed by atoms with E-state index in [1.54, 1.807) is 29.2 Å². The van der Waals surface area contributed by atoms with Crippen LogP contribution in [0.4, 0.5) is 5.69 Å². The first kappa shape index (κ1) is 23.5. The predicted octanol–water partition coefficient (Wildman–Crippen LogP) is 5.11. The minimum absolute atomic E-state index is 0.00969. The molecule has 0 saturated heterocycles. The van der Waals surface area contributed by atoms with E-state index < -0.39 is 11.8 Å². The number of Topliss-reactive ketones (excluding diaryl/α,β-unsaturated/α-hetero) is 1. The van der Waals surface area contributed by atoms with Gasteiger partial charge in [0, 0.05) is 35.6 Å². The second-order valence-corrected chi connectivity index (χ2v) is 9.14. The van der Waals surface area contributed by atoms with Crippen LogP contribution >= 0.6 is 0 Å². The number of carbonyl (C=O) groups is 3. The van der Waals surface area contributed by atoms with E-state index in [0.29, 0.717) is 42.2 Å². The third kappa shape index (κ3) is 4.19. The Labute approximate surface area is 210 Å². The number of primary amides is 1. The number of nitrogens with two attached hydrogens (primary N) is 1. The number of ketones is 1. The number of anilines is 1. The van der Waals surface area contributed by atoms with E-state index in [4.69, 9.17) is 10.5 Å². The van der Waals surface area contributed by atoms with Crippen molar-refractivity contribution >= 4 is 23.3 Å². The van der Waals surface area contributed by atoms with E-state index in [0.717, 1.165) is 11.1 Å². The molecule has 0 saturated carbocycles. The average Bonchev–Trinajstić information content (AvgIpc) is 2.89. The Morgan fingerprint density at radius 3 is 2.36 bits per heavy atom. The van der Waals surface area contributed by atoms with Crippen molar-refractivity contribution in [3.05, 3.63) is 107 Å². The number of allylic oxidation sites excluding steroid dienone is 2. The standard InChI is InChI=1S/C30H28N2O4/c1-2-36-27-15-9-7-12-21(27)23-18-28(34)32(24-14-8-6-13-22(24)30(31)35)25-16-20(17-26(33)29(23)25)19-10-4-3-5-11-19/h3-15,20,23H,2,16-18H2,1H3,(H2,31,35). The lowest BCUT2D eigenvalue weighted by atomic mass is 9.72. The fourth-order valence-corrected chi connectivity index (χ4v) is 5.47. The number of hydrogen-bond donors (Lipinski definition) is 1. The van der Waals surface area contributed by atoms with Crippen LogP contribution in [-0.2, 0) is 9.59 Å². The number of ether oxygens (including phenoxy) is 1. The van der Waals surface area contributed by atoms with Gasteiger partial charge in [-0.2, -0.15) is 0 Å². The fourth-order valence-electron chi connectivity index (χ4n) is 5.47. The fraction of sp³-hybridized carbons (Fsp3) is 0.233. The molecule has 1 aliphatic carbocycles. The molecule has 6 nitrogen and oxygen atoms in total. The van der Waals surface area contributed by atoms with Crippen molar-refractivity contribution in [1.29, 1.82) is 0 Å². The minimum Gasteiger partial charge on any atom is -0.494 e. The van der Waals surface area contributed by atoms with Crippen molar-refractivity contribution in [2.24, 2.45) is 5.73 Å². The lowest BCUT2D eigenvalue weighted by molar-refractivity contribution is -0.120. The molecule has 2 aliphatic rings. The SMILES string of the molecule is CCOc1ccccc1C1CC(=O)N(c2ccccc2C(N)=O)C2=C1C(=O)CC(c1ccccc1)C2. The van der Waals surface area contributed by atoms with Crippen LogP contribution in [0.3, 0.4) is 0 Å². The molecular formula is C30H28N2O4. The van der Waals surface area contributed by atoms with Gasteiger partial charge in [0.25, 0.3) is 5.91 Å². The predicted molar refractivity (Wildman–Crippen MR) is 138 cm³/mol. The summed E-state index contributed by atoms with van der Waals surface area (Å²) in [6.45, 7) is 2.39. The van der Waals surface area contributed by atoms with Crippen LogP contribution in [0.2, 0.25) is 0 Å². The Balaban J connectivity index is 1.70. The van der Waals surface area contributed by atoms with Crippen molar-refractivity contribution in [2.45, 2.75) is 38.0 Å². The Bertz CT molecular complexity index is 1360. The highest BCUT2D eigenvalue weighted by Gasteiger charge is 2.43. The molecule has 0 bridgehead atoms. The first-order chi connectivity index (χ1) is 17.5. The summed E-state index contributed by atoms with van der Waals surface area (Å²) in [5.41, 5.74) is 9.48. The number of nitrogens with zero attached hydrogens (tertiary/aromatic N) is 1. The summed E-state index contributed by atoms with van der Waals surface area (Å²) in [5.74, 6) is -0.610. The second-order valence-electron chi connectivity index (χ2n) is 9.14. The highest BCUT2D eigenvalue weighted by atomic mass is 16.5. The van der Waals surface area contributed by atoms with Gasteiger partial charge < -0.3 is 10.5 Å². The summed E-state index contributed by atoms with van der Waals surface area (Å²) in [6, 6.07) is 24.3. The topological polar surface area (TPSA) is 89.7 Å². The molecule has 3 aromatic carbocycles. The Hall–Kier alpha value is -4.19. The molecule has 2 atom stereocenters. The van der Waals surface area contributed by atoms with Gasteiger partial charge in [0.15, 0.2) is 5.78 Å². The van der Waals surface area contributed by atoms with Crippen LogP contribution in [0.5, 0.6) is 5.75 Å². The van der Waals surface area contributed by atoms with Gasteiger partial charge in [-0.05, 0) is 43.0 Å². The number of amides is 2. The molecule has 3 aromatic rings. The molecule has 5 rings (SSSR count).